The molecule has 4 heteroatoms. The number of halogens is 2. The van der Waals surface area contributed by atoms with Gasteiger partial charge in [-0.3, -0.25) is 0 Å². The van der Waals surface area contributed by atoms with Crippen molar-refractivity contribution in [1.82, 2.24) is 0 Å². The molecule has 84 valence electrons. The Bertz CT molecular complexity index is 317. The lowest BCUT2D eigenvalue weighted by atomic mass is 10.1. The lowest BCUT2D eigenvalue weighted by Crippen LogP contribution is -2.28. The van der Waals surface area contributed by atoms with Gasteiger partial charge in [-0.25, -0.2) is 0 Å². The fraction of sp³-hybridized carbons (Fsp3) is 0.455. The van der Waals surface area contributed by atoms with Gasteiger partial charge in [0.1, 0.15) is 0 Å². The van der Waals surface area contributed by atoms with Crippen LogP contribution in [0.2, 0.25) is 10.0 Å². The molecule has 0 bridgehead atoms. The van der Waals surface area contributed by atoms with Gasteiger partial charge in [-0.15, -0.1) is 0 Å². The quantitative estimate of drug-likeness (QED) is 0.869. The highest BCUT2D eigenvalue weighted by atomic mass is 35.5. The maximum absolute atomic E-state index is 6.04. The molecule has 0 heterocycles. The Labute approximate surface area is 100 Å². The van der Waals surface area contributed by atoms with Crippen molar-refractivity contribution < 1.29 is 4.74 Å². The molecule has 2 N–H and O–H groups in total. The Morgan fingerprint density at radius 3 is 2.80 bits per heavy atom. The molecule has 2 nitrogen and oxygen atoms in total. The summed E-state index contributed by atoms with van der Waals surface area (Å²) < 4.78 is 5.24. The fourth-order valence-corrected chi connectivity index (χ4v) is 1.71. The molecule has 0 aliphatic carbocycles. The van der Waals surface area contributed by atoms with Gasteiger partial charge in [0, 0.05) is 12.6 Å². The fourth-order valence-electron chi connectivity index (χ4n) is 1.32. The summed E-state index contributed by atoms with van der Waals surface area (Å²) in [5, 5.41) is 1.16. The highest BCUT2D eigenvalue weighted by Crippen LogP contribution is 2.26. The van der Waals surface area contributed by atoms with Crippen molar-refractivity contribution in [2.75, 3.05) is 13.2 Å². The van der Waals surface area contributed by atoms with Crippen molar-refractivity contribution in [2.45, 2.75) is 19.4 Å². The number of hydrogen-bond acceptors (Lipinski definition) is 2. The van der Waals surface area contributed by atoms with Gasteiger partial charge in [0.2, 0.25) is 0 Å². The van der Waals surface area contributed by atoms with E-state index in [1.54, 1.807) is 6.07 Å². The molecule has 0 saturated carbocycles. The van der Waals surface area contributed by atoms with Crippen LogP contribution < -0.4 is 5.73 Å². The molecule has 0 radical (unpaired) electrons. The maximum atomic E-state index is 6.04. The van der Waals surface area contributed by atoms with Gasteiger partial charge >= 0.3 is 0 Å². The largest absolute Gasteiger partial charge is 0.380 e. The molecular formula is C11H15Cl2NO. The normalized spacial score (nSPS) is 12.8. The summed E-state index contributed by atoms with van der Waals surface area (Å²) in [5.74, 6) is 0. The summed E-state index contributed by atoms with van der Waals surface area (Å²) in [6, 6.07) is 5.53. The Morgan fingerprint density at radius 2 is 2.13 bits per heavy atom. The predicted molar refractivity (Wildman–Crippen MR) is 64.6 cm³/mol. The van der Waals surface area contributed by atoms with Crippen LogP contribution >= 0.6 is 23.2 Å². The molecule has 0 aliphatic heterocycles. The Kier molecular flexibility index (Phi) is 5.40. The second-order valence-electron chi connectivity index (χ2n) is 3.34. The summed E-state index contributed by atoms with van der Waals surface area (Å²) in [5.41, 5.74) is 6.85. The highest BCUT2D eigenvalue weighted by molar-refractivity contribution is 6.42. The third-order valence-corrected chi connectivity index (χ3v) is 2.91. The first-order valence-corrected chi connectivity index (χ1v) is 5.67. The second kappa shape index (κ2) is 6.33. The van der Waals surface area contributed by atoms with E-state index < -0.39 is 0 Å². The lowest BCUT2D eigenvalue weighted by molar-refractivity contribution is 0.133. The van der Waals surface area contributed by atoms with Crippen LogP contribution in [0.4, 0.5) is 0 Å². The molecule has 15 heavy (non-hydrogen) atoms. The van der Waals surface area contributed by atoms with Crippen LogP contribution in [0, 0.1) is 0 Å². The Morgan fingerprint density at radius 1 is 1.40 bits per heavy atom. The molecule has 1 aromatic carbocycles. The number of benzene rings is 1. The third-order valence-electron chi connectivity index (χ3n) is 2.05. The third kappa shape index (κ3) is 3.99. The summed E-state index contributed by atoms with van der Waals surface area (Å²) >= 11 is 11.9. The standard InChI is InChI=1S/C11H15Cl2NO/c1-2-15-7-9(14)6-8-4-3-5-10(12)11(8)13/h3-5,9H,2,6-7,14H2,1H3. The minimum absolute atomic E-state index is 0.0408. The van der Waals surface area contributed by atoms with Gasteiger partial charge in [-0.05, 0) is 25.0 Å². The molecule has 1 aromatic rings. The van der Waals surface area contributed by atoms with Crippen LogP contribution in [0.3, 0.4) is 0 Å². The van der Waals surface area contributed by atoms with Crippen LogP contribution in [-0.2, 0) is 11.2 Å². The Balaban J connectivity index is 2.60. The van der Waals surface area contributed by atoms with E-state index in [0.29, 0.717) is 29.7 Å². The minimum atomic E-state index is -0.0408. The topological polar surface area (TPSA) is 35.2 Å². The van der Waals surface area contributed by atoms with E-state index in [-0.39, 0.29) is 6.04 Å². The monoisotopic (exact) mass is 247 g/mol. The number of rotatable bonds is 5. The lowest BCUT2D eigenvalue weighted by Gasteiger charge is -2.12. The molecule has 0 spiro atoms. The van der Waals surface area contributed by atoms with Gasteiger partial charge in [0.25, 0.3) is 0 Å². The molecule has 0 saturated heterocycles. The van der Waals surface area contributed by atoms with Gasteiger partial charge in [0.15, 0.2) is 0 Å². The smallest absolute Gasteiger partial charge is 0.0624 e. The average Bonchev–Trinajstić information content (AvgIpc) is 2.22. The van der Waals surface area contributed by atoms with Crippen LogP contribution in [0.25, 0.3) is 0 Å². The number of nitrogens with two attached hydrogens (primary N) is 1. The number of ether oxygens (including phenoxy) is 1. The van der Waals surface area contributed by atoms with Gasteiger partial charge in [-0.2, -0.15) is 0 Å². The molecule has 1 atom stereocenters. The van der Waals surface area contributed by atoms with E-state index in [0.717, 1.165) is 5.56 Å². The zero-order valence-corrected chi connectivity index (χ0v) is 10.2. The van der Waals surface area contributed by atoms with Crippen molar-refractivity contribution >= 4 is 23.2 Å². The van der Waals surface area contributed by atoms with Crippen molar-refractivity contribution in [3.8, 4) is 0 Å². The minimum Gasteiger partial charge on any atom is -0.380 e. The van der Waals surface area contributed by atoms with E-state index in [1.807, 2.05) is 19.1 Å². The second-order valence-corrected chi connectivity index (χ2v) is 4.12. The van der Waals surface area contributed by atoms with Gasteiger partial charge < -0.3 is 10.5 Å². The average molecular weight is 248 g/mol. The SMILES string of the molecule is CCOCC(N)Cc1cccc(Cl)c1Cl. The first-order chi connectivity index (χ1) is 7.15. The molecule has 0 amide bonds. The van der Waals surface area contributed by atoms with Crippen LogP contribution in [-0.4, -0.2) is 19.3 Å². The van der Waals surface area contributed by atoms with Crippen LogP contribution in [0.1, 0.15) is 12.5 Å². The summed E-state index contributed by atoms with van der Waals surface area (Å²) in [6.45, 7) is 3.16. The Hall–Kier alpha value is -0.280. The van der Waals surface area contributed by atoms with Crippen molar-refractivity contribution in [2.24, 2.45) is 5.73 Å². The van der Waals surface area contributed by atoms with Crippen LogP contribution in [0.15, 0.2) is 18.2 Å². The van der Waals surface area contributed by atoms with E-state index >= 15 is 0 Å². The molecule has 0 aromatic heterocycles. The summed E-state index contributed by atoms with van der Waals surface area (Å²) in [7, 11) is 0. The van der Waals surface area contributed by atoms with Crippen molar-refractivity contribution in [3.63, 3.8) is 0 Å². The van der Waals surface area contributed by atoms with E-state index in [2.05, 4.69) is 0 Å². The molecule has 1 rings (SSSR count). The van der Waals surface area contributed by atoms with E-state index in [4.69, 9.17) is 33.7 Å². The van der Waals surface area contributed by atoms with Crippen LogP contribution in [0.5, 0.6) is 0 Å². The zero-order valence-electron chi connectivity index (χ0n) is 8.67. The van der Waals surface area contributed by atoms with Gasteiger partial charge in [-0.1, -0.05) is 35.3 Å². The molecule has 1 unspecified atom stereocenters. The predicted octanol–water partition coefficient (Wildman–Crippen LogP) is 2.90. The zero-order chi connectivity index (χ0) is 11.3. The maximum Gasteiger partial charge on any atom is 0.0624 e. The first-order valence-electron chi connectivity index (χ1n) is 4.91. The molecular weight excluding hydrogens is 233 g/mol. The van der Waals surface area contributed by atoms with E-state index in [1.165, 1.54) is 0 Å². The number of hydrogen-bond donors (Lipinski definition) is 1. The first kappa shape index (κ1) is 12.8. The van der Waals surface area contributed by atoms with E-state index in [9.17, 15) is 0 Å². The summed E-state index contributed by atoms with van der Waals surface area (Å²) in [4.78, 5) is 0. The van der Waals surface area contributed by atoms with Crippen molar-refractivity contribution in [3.05, 3.63) is 33.8 Å². The van der Waals surface area contributed by atoms with Crippen molar-refractivity contribution in [1.29, 1.82) is 0 Å². The highest BCUT2D eigenvalue weighted by Gasteiger charge is 2.09. The molecule has 0 aliphatic rings. The van der Waals surface area contributed by atoms with Gasteiger partial charge in [0.05, 0.1) is 16.7 Å². The summed E-state index contributed by atoms with van der Waals surface area (Å²) in [6.07, 6.45) is 0.680. The molecule has 0 fully saturated rings.